The first-order valence-electron chi connectivity index (χ1n) is 5.05. The third kappa shape index (κ3) is 1.78. The van der Waals surface area contributed by atoms with E-state index in [0.29, 0.717) is 0 Å². The van der Waals surface area contributed by atoms with Gasteiger partial charge in [-0.05, 0) is 25.1 Å². The summed E-state index contributed by atoms with van der Waals surface area (Å²) in [7, 11) is -4.14. The number of rotatable bonds is 2. The van der Waals surface area contributed by atoms with Crippen LogP contribution in [0.3, 0.4) is 0 Å². The Morgan fingerprint density at radius 1 is 1.56 bits per heavy atom. The van der Waals surface area contributed by atoms with Crippen LogP contribution in [0.15, 0.2) is 23.1 Å². The third-order valence-corrected chi connectivity index (χ3v) is 3.96. The van der Waals surface area contributed by atoms with E-state index in [9.17, 15) is 22.7 Å². The molecule has 0 bridgehead atoms. The number of ether oxygens (including phenoxy) is 1. The Morgan fingerprint density at radius 2 is 2.22 bits per heavy atom. The predicted molar refractivity (Wildman–Crippen MR) is 57.3 cm³/mol. The number of benzene rings is 1. The van der Waals surface area contributed by atoms with E-state index in [-0.39, 0.29) is 12.2 Å². The van der Waals surface area contributed by atoms with Gasteiger partial charge in [0.1, 0.15) is 5.82 Å². The lowest BCUT2D eigenvalue weighted by Gasteiger charge is -2.19. The maximum absolute atomic E-state index is 13.0. The van der Waals surface area contributed by atoms with E-state index in [1.54, 1.807) is 4.72 Å². The molecule has 1 atom stereocenters. The number of hydrogen-bond acceptors (Lipinski definition) is 5. The second-order valence-electron chi connectivity index (χ2n) is 3.68. The normalized spacial score (nSPS) is 24.6. The smallest absolute Gasteiger partial charge is 0.359 e. The van der Waals surface area contributed by atoms with Crippen LogP contribution < -0.4 is 4.72 Å². The van der Waals surface area contributed by atoms with Gasteiger partial charge in [0, 0.05) is 5.56 Å². The Labute approximate surface area is 102 Å². The standard InChI is InChI=1S/C10H10FNO5S/c1-2-17-9(13)10(14)7-4-3-6(11)5-8(7)18(15,16)12-10/h3-5,12,14H,2H2,1H3. The Morgan fingerprint density at radius 3 is 2.83 bits per heavy atom. The van der Waals surface area contributed by atoms with Crippen LogP contribution in [-0.4, -0.2) is 26.1 Å². The van der Waals surface area contributed by atoms with Crippen molar-refractivity contribution in [1.29, 1.82) is 0 Å². The van der Waals surface area contributed by atoms with E-state index in [1.807, 2.05) is 0 Å². The van der Waals surface area contributed by atoms with Crippen LogP contribution in [0, 0.1) is 5.82 Å². The summed E-state index contributed by atoms with van der Waals surface area (Å²) in [6.45, 7) is 1.48. The van der Waals surface area contributed by atoms with Crippen molar-refractivity contribution in [1.82, 2.24) is 4.72 Å². The number of halogens is 1. The summed E-state index contributed by atoms with van der Waals surface area (Å²) >= 11 is 0. The molecular formula is C10H10FNO5S. The van der Waals surface area contributed by atoms with E-state index in [1.165, 1.54) is 6.92 Å². The molecule has 0 fully saturated rings. The molecule has 8 heteroatoms. The Kier molecular flexibility index (Phi) is 2.88. The highest BCUT2D eigenvalue weighted by atomic mass is 32.2. The Bertz CT molecular complexity index is 615. The molecule has 0 amide bonds. The molecule has 1 heterocycles. The number of hydrogen-bond donors (Lipinski definition) is 2. The summed E-state index contributed by atoms with van der Waals surface area (Å²) < 4.78 is 42.8. The molecule has 0 aromatic heterocycles. The van der Waals surface area contributed by atoms with Crippen molar-refractivity contribution in [2.75, 3.05) is 6.61 Å². The summed E-state index contributed by atoms with van der Waals surface area (Å²) in [5.41, 5.74) is -2.75. The summed E-state index contributed by atoms with van der Waals surface area (Å²) in [5.74, 6) is -1.94. The zero-order valence-electron chi connectivity index (χ0n) is 9.31. The molecule has 1 aromatic carbocycles. The van der Waals surface area contributed by atoms with Gasteiger partial charge in [-0.3, -0.25) is 0 Å². The maximum atomic E-state index is 13.0. The van der Waals surface area contributed by atoms with E-state index in [0.717, 1.165) is 18.2 Å². The van der Waals surface area contributed by atoms with Crippen molar-refractivity contribution in [3.8, 4) is 0 Å². The van der Waals surface area contributed by atoms with Gasteiger partial charge >= 0.3 is 5.97 Å². The quantitative estimate of drug-likeness (QED) is 0.731. The minimum absolute atomic E-state index is 0.0284. The lowest BCUT2D eigenvalue weighted by molar-refractivity contribution is -0.167. The zero-order chi connectivity index (χ0) is 13.6. The lowest BCUT2D eigenvalue weighted by Crippen LogP contribution is -2.47. The van der Waals surface area contributed by atoms with E-state index >= 15 is 0 Å². The molecular weight excluding hydrogens is 265 g/mol. The van der Waals surface area contributed by atoms with Gasteiger partial charge in [-0.2, -0.15) is 4.72 Å². The summed E-state index contributed by atoms with van der Waals surface area (Å²) in [4.78, 5) is 11.1. The van der Waals surface area contributed by atoms with Crippen LogP contribution in [0.4, 0.5) is 4.39 Å². The molecule has 0 saturated carbocycles. The molecule has 1 aliphatic heterocycles. The minimum Gasteiger partial charge on any atom is -0.463 e. The van der Waals surface area contributed by atoms with Gasteiger partial charge in [0.15, 0.2) is 0 Å². The van der Waals surface area contributed by atoms with Gasteiger partial charge in [-0.15, -0.1) is 0 Å². The first-order valence-corrected chi connectivity index (χ1v) is 6.53. The highest BCUT2D eigenvalue weighted by Gasteiger charge is 2.52. The molecule has 2 N–H and O–H groups in total. The zero-order valence-corrected chi connectivity index (χ0v) is 10.1. The molecule has 6 nitrogen and oxygen atoms in total. The van der Waals surface area contributed by atoms with Gasteiger partial charge in [0.25, 0.3) is 5.72 Å². The topological polar surface area (TPSA) is 92.7 Å². The van der Waals surface area contributed by atoms with Crippen LogP contribution >= 0.6 is 0 Å². The highest BCUT2D eigenvalue weighted by molar-refractivity contribution is 7.90. The molecule has 0 aliphatic carbocycles. The van der Waals surface area contributed by atoms with Crippen molar-refractivity contribution in [2.45, 2.75) is 17.5 Å². The average Bonchev–Trinajstić information content (AvgIpc) is 2.48. The van der Waals surface area contributed by atoms with E-state index in [4.69, 9.17) is 0 Å². The molecule has 1 aliphatic rings. The first-order chi connectivity index (χ1) is 8.31. The van der Waals surface area contributed by atoms with Gasteiger partial charge in [-0.25, -0.2) is 17.6 Å². The molecule has 1 unspecified atom stereocenters. The molecule has 0 spiro atoms. The molecule has 98 valence electrons. The summed E-state index contributed by atoms with van der Waals surface area (Å²) in [5, 5.41) is 10.1. The Balaban J connectivity index is 2.62. The van der Waals surface area contributed by atoms with E-state index < -0.39 is 32.4 Å². The van der Waals surface area contributed by atoms with Crippen molar-refractivity contribution in [3.63, 3.8) is 0 Å². The van der Waals surface area contributed by atoms with Crippen molar-refractivity contribution in [2.24, 2.45) is 0 Å². The van der Waals surface area contributed by atoms with Crippen molar-refractivity contribution in [3.05, 3.63) is 29.6 Å². The number of carbonyl (C=O) groups excluding carboxylic acids is 1. The molecule has 0 saturated heterocycles. The number of nitrogens with one attached hydrogen (secondary N) is 1. The summed E-state index contributed by atoms with van der Waals surface area (Å²) in [6.07, 6.45) is 0. The van der Waals surface area contributed by atoms with Crippen LogP contribution in [0.2, 0.25) is 0 Å². The first kappa shape index (κ1) is 12.9. The van der Waals surface area contributed by atoms with Crippen molar-refractivity contribution >= 4 is 16.0 Å². The van der Waals surface area contributed by atoms with Gasteiger partial charge in [0.2, 0.25) is 10.0 Å². The van der Waals surface area contributed by atoms with E-state index in [2.05, 4.69) is 4.74 Å². The van der Waals surface area contributed by atoms with Gasteiger partial charge in [-0.1, -0.05) is 0 Å². The fourth-order valence-electron chi connectivity index (χ4n) is 1.71. The van der Waals surface area contributed by atoms with Gasteiger partial charge in [0.05, 0.1) is 11.5 Å². The minimum atomic E-state index is -4.14. The number of fused-ring (bicyclic) bond motifs is 1. The van der Waals surface area contributed by atoms with Crippen LogP contribution in [0.5, 0.6) is 0 Å². The molecule has 0 radical (unpaired) electrons. The third-order valence-electron chi connectivity index (χ3n) is 2.48. The second-order valence-corrected chi connectivity index (χ2v) is 5.33. The number of esters is 1. The lowest BCUT2D eigenvalue weighted by atomic mass is 10.0. The van der Waals surface area contributed by atoms with Gasteiger partial charge < -0.3 is 9.84 Å². The fourth-order valence-corrected chi connectivity index (χ4v) is 3.17. The van der Waals surface area contributed by atoms with Crippen LogP contribution in [0.1, 0.15) is 12.5 Å². The monoisotopic (exact) mass is 275 g/mol. The largest absolute Gasteiger partial charge is 0.463 e. The number of aliphatic hydroxyl groups is 1. The van der Waals surface area contributed by atoms with Crippen LogP contribution in [-0.2, 0) is 25.3 Å². The fraction of sp³-hybridized carbons (Fsp3) is 0.300. The number of carbonyl (C=O) groups is 1. The average molecular weight is 275 g/mol. The molecule has 1 aromatic rings. The highest BCUT2D eigenvalue weighted by Crippen LogP contribution is 2.35. The SMILES string of the molecule is CCOC(=O)C1(O)NS(=O)(=O)c2cc(F)ccc21. The van der Waals surface area contributed by atoms with Crippen LogP contribution in [0.25, 0.3) is 0 Å². The number of sulfonamides is 1. The molecule has 2 rings (SSSR count). The van der Waals surface area contributed by atoms with Crippen molar-refractivity contribution < 1.29 is 27.4 Å². The molecule has 18 heavy (non-hydrogen) atoms. The second kappa shape index (κ2) is 4.01. The maximum Gasteiger partial charge on any atom is 0.359 e. The predicted octanol–water partition coefficient (Wildman–Crippen LogP) is -0.174. The Hall–Kier alpha value is -1.51. The summed E-state index contributed by atoms with van der Waals surface area (Å²) in [6, 6.07) is 2.71.